The van der Waals surface area contributed by atoms with E-state index in [4.69, 9.17) is 0 Å². The summed E-state index contributed by atoms with van der Waals surface area (Å²) in [4.78, 5) is 4.50. The third kappa shape index (κ3) is 3.77. The van der Waals surface area contributed by atoms with Crippen LogP contribution >= 0.6 is 0 Å². The van der Waals surface area contributed by atoms with E-state index in [-0.39, 0.29) is 0 Å². The summed E-state index contributed by atoms with van der Waals surface area (Å²) in [5, 5.41) is 4.84. The molecule has 1 heterocycles. The maximum Gasteiger partial charge on any atom is 0.0746 e. The SMILES string of the molecule is CCC(C)CC(C)NCc1cccc2cccnc12. The molecule has 1 aromatic heterocycles. The summed E-state index contributed by atoms with van der Waals surface area (Å²) in [5.41, 5.74) is 2.40. The van der Waals surface area contributed by atoms with Gasteiger partial charge in [-0.25, -0.2) is 0 Å². The van der Waals surface area contributed by atoms with E-state index in [0.717, 1.165) is 18.0 Å². The summed E-state index contributed by atoms with van der Waals surface area (Å²) in [6.07, 6.45) is 4.35. The Morgan fingerprint density at radius 2 is 1.95 bits per heavy atom. The van der Waals surface area contributed by atoms with Crippen molar-refractivity contribution in [3.8, 4) is 0 Å². The number of hydrogen-bond acceptors (Lipinski definition) is 2. The van der Waals surface area contributed by atoms with Crippen LogP contribution < -0.4 is 5.32 Å². The summed E-state index contributed by atoms with van der Waals surface area (Å²) in [6, 6.07) is 11.1. The largest absolute Gasteiger partial charge is 0.310 e. The van der Waals surface area contributed by atoms with Gasteiger partial charge in [0.15, 0.2) is 0 Å². The Morgan fingerprint density at radius 1 is 1.16 bits per heavy atom. The lowest BCUT2D eigenvalue weighted by atomic mass is 10.00. The number of nitrogens with zero attached hydrogens (tertiary/aromatic N) is 1. The van der Waals surface area contributed by atoms with Crippen molar-refractivity contribution in [2.45, 2.75) is 46.2 Å². The Kier molecular flexibility index (Phi) is 4.92. The first-order valence-electron chi connectivity index (χ1n) is 7.26. The minimum atomic E-state index is 0.550. The van der Waals surface area contributed by atoms with Gasteiger partial charge in [-0.15, -0.1) is 0 Å². The molecule has 2 unspecified atom stereocenters. The molecule has 1 N–H and O–H groups in total. The van der Waals surface area contributed by atoms with Crippen LogP contribution in [-0.2, 0) is 6.54 Å². The van der Waals surface area contributed by atoms with Crippen LogP contribution in [0.1, 0.15) is 39.2 Å². The molecule has 0 radical (unpaired) electrons. The van der Waals surface area contributed by atoms with Crippen LogP contribution in [0.5, 0.6) is 0 Å². The van der Waals surface area contributed by atoms with Crippen molar-refractivity contribution < 1.29 is 0 Å². The van der Waals surface area contributed by atoms with Gasteiger partial charge in [0.1, 0.15) is 0 Å². The zero-order valence-electron chi connectivity index (χ0n) is 12.2. The summed E-state index contributed by atoms with van der Waals surface area (Å²) in [6.45, 7) is 7.74. The smallest absolute Gasteiger partial charge is 0.0746 e. The maximum absolute atomic E-state index is 4.50. The first-order valence-corrected chi connectivity index (χ1v) is 7.26. The summed E-state index contributed by atoms with van der Waals surface area (Å²) in [5.74, 6) is 0.785. The number of nitrogens with one attached hydrogen (secondary N) is 1. The zero-order chi connectivity index (χ0) is 13.7. The quantitative estimate of drug-likeness (QED) is 0.840. The van der Waals surface area contributed by atoms with Crippen LogP contribution in [0.15, 0.2) is 36.5 Å². The Bertz CT molecular complexity index is 516. The molecule has 2 atom stereocenters. The predicted molar refractivity (Wildman–Crippen MR) is 82.1 cm³/mol. The molecular formula is C17H24N2. The molecule has 2 rings (SSSR count). The van der Waals surface area contributed by atoms with E-state index in [1.807, 2.05) is 12.3 Å². The average molecular weight is 256 g/mol. The Hall–Kier alpha value is -1.41. The summed E-state index contributed by atoms with van der Waals surface area (Å²) in [7, 11) is 0. The first kappa shape index (κ1) is 14.0. The molecule has 0 saturated carbocycles. The Labute approximate surface area is 116 Å². The molecule has 102 valence electrons. The average Bonchev–Trinajstić information content (AvgIpc) is 2.44. The first-order chi connectivity index (χ1) is 9.20. The van der Waals surface area contributed by atoms with E-state index in [1.165, 1.54) is 23.8 Å². The van der Waals surface area contributed by atoms with Crippen molar-refractivity contribution in [2.75, 3.05) is 0 Å². The lowest BCUT2D eigenvalue weighted by Gasteiger charge is -2.18. The molecule has 0 aliphatic rings. The number of benzene rings is 1. The third-order valence-electron chi connectivity index (χ3n) is 3.81. The van der Waals surface area contributed by atoms with Gasteiger partial charge in [0.05, 0.1) is 5.52 Å². The van der Waals surface area contributed by atoms with Gasteiger partial charge in [0, 0.05) is 24.2 Å². The standard InChI is InChI=1S/C17H24N2/c1-4-13(2)11-14(3)19-12-16-8-5-7-15-9-6-10-18-17(15)16/h5-10,13-14,19H,4,11-12H2,1-3H3. The zero-order valence-corrected chi connectivity index (χ0v) is 12.2. The summed E-state index contributed by atoms with van der Waals surface area (Å²) < 4.78 is 0. The second-order valence-electron chi connectivity index (χ2n) is 5.52. The second-order valence-corrected chi connectivity index (χ2v) is 5.52. The van der Waals surface area contributed by atoms with E-state index in [1.54, 1.807) is 0 Å². The van der Waals surface area contributed by atoms with Gasteiger partial charge >= 0.3 is 0 Å². The number of para-hydroxylation sites is 1. The van der Waals surface area contributed by atoms with Crippen LogP contribution in [0.2, 0.25) is 0 Å². The molecule has 0 fully saturated rings. The lowest BCUT2D eigenvalue weighted by Crippen LogP contribution is -2.27. The van der Waals surface area contributed by atoms with Gasteiger partial charge in [0.2, 0.25) is 0 Å². The minimum absolute atomic E-state index is 0.550. The predicted octanol–water partition coefficient (Wildman–Crippen LogP) is 4.15. The molecule has 1 aromatic carbocycles. The topological polar surface area (TPSA) is 24.9 Å². The normalized spacial score (nSPS) is 14.5. The highest BCUT2D eigenvalue weighted by Crippen LogP contribution is 2.16. The van der Waals surface area contributed by atoms with E-state index < -0.39 is 0 Å². The van der Waals surface area contributed by atoms with Gasteiger partial charge in [-0.2, -0.15) is 0 Å². The van der Waals surface area contributed by atoms with Gasteiger partial charge in [-0.1, -0.05) is 44.5 Å². The van der Waals surface area contributed by atoms with Crippen molar-refractivity contribution in [1.29, 1.82) is 0 Å². The molecule has 2 aromatic rings. The number of pyridine rings is 1. The number of fused-ring (bicyclic) bond motifs is 1. The van der Waals surface area contributed by atoms with Crippen LogP contribution in [0.3, 0.4) is 0 Å². The van der Waals surface area contributed by atoms with E-state index >= 15 is 0 Å². The van der Waals surface area contributed by atoms with Crippen LogP contribution in [0.25, 0.3) is 10.9 Å². The molecule has 0 aliphatic carbocycles. The van der Waals surface area contributed by atoms with Crippen molar-refractivity contribution in [2.24, 2.45) is 5.92 Å². The molecule has 2 heteroatoms. The van der Waals surface area contributed by atoms with Crippen molar-refractivity contribution in [1.82, 2.24) is 10.3 Å². The van der Waals surface area contributed by atoms with Gasteiger partial charge in [-0.05, 0) is 30.9 Å². The molecule has 2 nitrogen and oxygen atoms in total. The lowest BCUT2D eigenvalue weighted by molar-refractivity contribution is 0.412. The fourth-order valence-corrected chi connectivity index (χ4v) is 2.45. The molecule has 0 amide bonds. The fraction of sp³-hybridized carbons (Fsp3) is 0.471. The van der Waals surface area contributed by atoms with Gasteiger partial charge in [-0.3, -0.25) is 4.98 Å². The second kappa shape index (κ2) is 6.67. The minimum Gasteiger partial charge on any atom is -0.310 e. The molecule has 0 saturated heterocycles. The third-order valence-corrected chi connectivity index (χ3v) is 3.81. The molecule has 0 spiro atoms. The Balaban J connectivity index is 2.02. The van der Waals surface area contributed by atoms with Crippen molar-refractivity contribution in [3.05, 3.63) is 42.1 Å². The van der Waals surface area contributed by atoms with Crippen LogP contribution in [0.4, 0.5) is 0 Å². The highest BCUT2D eigenvalue weighted by molar-refractivity contribution is 5.81. The van der Waals surface area contributed by atoms with E-state index in [2.05, 4.69) is 55.3 Å². The molecule has 19 heavy (non-hydrogen) atoms. The summed E-state index contributed by atoms with van der Waals surface area (Å²) >= 11 is 0. The Morgan fingerprint density at radius 3 is 2.74 bits per heavy atom. The van der Waals surface area contributed by atoms with Crippen molar-refractivity contribution in [3.63, 3.8) is 0 Å². The van der Waals surface area contributed by atoms with Crippen LogP contribution in [-0.4, -0.2) is 11.0 Å². The van der Waals surface area contributed by atoms with Gasteiger partial charge in [0.25, 0.3) is 0 Å². The van der Waals surface area contributed by atoms with E-state index in [0.29, 0.717) is 6.04 Å². The monoisotopic (exact) mass is 256 g/mol. The van der Waals surface area contributed by atoms with E-state index in [9.17, 15) is 0 Å². The highest BCUT2D eigenvalue weighted by atomic mass is 14.9. The number of hydrogen-bond donors (Lipinski definition) is 1. The highest BCUT2D eigenvalue weighted by Gasteiger charge is 2.08. The van der Waals surface area contributed by atoms with Gasteiger partial charge < -0.3 is 5.32 Å². The van der Waals surface area contributed by atoms with Crippen LogP contribution in [0, 0.1) is 5.92 Å². The molecule has 0 bridgehead atoms. The fourth-order valence-electron chi connectivity index (χ4n) is 2.45. The molecular weight excluding hydrogens is 232 g/mol. The number of aromatic nitrogens is 1. The maximum atomic E-state index is 4.50. The van der Waals surface area contributed by atoms with Crippen molar-refractivity contribution >= 4 is 10.9 Å². The molecule has 0 aliphatic heterocycles. The number of rotatable bonds is 6.